The molecule has 0 spiro atoms. The zero-order chi connectivity index (χ0) is 15.4. The van der Waals surface area contributed by atoms with E-state index in [1.54, 1.807) is 0 Å². The van der Waals surface area contributed by atoms with Crippen LogP contribution < -0.4 is 15.5 Å². The van der Waals surface area contributed by atoms with Crippen LogP contribution in [0.15, 0.2) is 29.3 Å². The first-order valence-electron chi connectivity index (χ1n) is 8.21. The van der Waals surface area contributed by atoms with Gasteiger partial charge in [0.15, 0.2) is 5.96 Å². The van der Waals surface area contributed by atoms with E-state index in [2.05, 4.69) is 21.7 Å². The number of guanidine groups is 1. The van der Waals surface area contributed by atoms with Crippen molar-refractivity contribution in [3.63, 3.8) is 0 Å². The fourth-order valence-electron chi connectivity index (χ4n) is 2.77. The summed E-state index contributed by atoms with van der Waals surface area (Å²) in [4.78, 5) is 18.9. The average Bonchev–Trinajstić information content (AvgIpc) is 3.36. The molecule has 0 bridgehead atoms. The highest BCUT2D eigenvalue weighted by Gasteiger charge is 2.24. The molecule has 1 aliphatic carbocycles. The first kappa shape index (κ1) is 14.9. The van der Waals surface area contributed by atoms with Crippen LogP contribution in [0.4, 0.5) is 5.69 Å². The number of anilines is 1. The smallest absolute Gasteiger partial charge is 0.248 e. The minimum atomic E-state index is 0.0696. The largest absolute Gasteiger partial charge is 0.357 e. The predicted molar refractivity (Wildman–Crippen MR) is 89.3 cm³/mol. The van der Waals surface area contributed by atoms with Gasteiger partial charge in [0, 0.05) is 24.8 Å². The van der Waals surface area contributed by atoms with Gasteiger partial charge in [-0.3, -0.25) is 4.79 Å². The second-order valence-corrected chi connectivity index (χ2v) is 5.89. The van der Waals surface area contributed by atoms with E-state index in [0.717, 1.165) is 37.6 Å². The van der Waals surface area contributed by atoms with E-state index in [4.69, 9.17) is 0 Å². The van der Waals surface area contributed by atoms with Gasteiger partial charge in [-0.2, -0.15) is 0 Å². The molecule has 1 aliphatic heterocycles. The molecule has 0 radical (unpaired) electrons. The standard InChI is InChI=1S/C17H24N4O/c1-2-18-17(20-14-9-10-14)19-12-16(22)21-11-5-7-13-6-3-4-8-15(13)21/h3-4,6,8,14H,2,5,7,9-12H2,1H3,(H2,18,19,20). The number of nitrogens with one attached hydrogen (secondary N) is 2. The second kappa shape index (κ2) is 6.81. The van der Waals surface area contributed by atoms with Crippen LogP contribution >= 0.6 is 0 Å². The van der Waals surface area contributed by atoms with Crippen molar-refractivity contribution in [3.8, 4) is 0 Å². The molecule has 5 heteroatoms. The van der Waals surface area contributed by atoms with Crippen LogP contribution in [0.5, 0.6) is 0 Å². The number of amides is 1. The normalized spacial score (nSPS) is 17.9. The highest BCUT2D eigenvalue weighted by molar-refractivity contribution is 5.97. The van der Waals surface area contributed by atoms with Crippen LogP contribution in [-0.2, 0) is 11.2 Å². The molecule has 0 aromatic heterocycles. The summed E-state index contributed by atoms with van der Waals surface area (Å²) < 4.78 is 0. The molecule has 22 heavy (non-hydrogen) atoms. The molecule has 2 N–H and O–H groups in total. The van der Waals surface area contributed by atoms with E-state index >= 15 is 0 Å². The molecule has 1 heterocycles. The number of aliphatic imine (C=N–C) groups is 1. The Labute approximate surface area is 131 Å². The maximum absolute atomic E-state index is 12.5. The van der Waals surface area contributed by atoms with E-state index in [1.165, 1.54) is 18.4 Å². The number of fused-ring (bicyclic) bond motifs is 1. The maximum atomic E-state index is 12.5. The molecule has 118 valence electrons. The molecule has 0 saturated heterocycles. The van der Waals surface area contributed by atoms with Gasteiger partial charge in [-0.1, -0.05) is 18.2 Å². The number of hydrogen-bond donors (Lipinski definition) is 2. The minimum absolute atomic E-state index is 0.0696. The minimum Gasteiger partial charge on any atom is -0.357 e. The Kier molecular flexibility index (Phi) is 4.61. The lowest BCUT2D eigenvalue weighted by Crippen LogP contribution is -2.41. The molecule has 5 nitrogen and oxygen atoms in total. The van der Waals surface area contributed by atoms with Crippen LogP contribution in [0.25, 0.3) is 0 Å². The third-order valence-corrected chi connectivity index (χ3v) is 4.05. The summed E-state index contributed by atoms with van der Waals surface area (Å²) in [5, 5.41) is 6.54. The van der Waals surface area contributed by atoms with Gasteiger partial charge in [0.1, 0.15) is 6.54 Å². The molecule has 1 saturated carbocycles. The van der Waals surface area contributed by atoms with Crippen LogP contribution in [0.3, 0.4) is 0 Å². The summed E-state index contributed by atoms with van der Waals surface area (Å²) in [6, 6.07) is 8.70. The molecule has 0 atom stereocenters. The average molecular weight is 300 g/mol. The van der Waals surface area contributed by atoms with Crippen molar-refractivity contribution in [1.82, 2.24) is 10.6 Å². The zero-order valence-corrected chi connectivity index (χ0v) is 13.1. The predicted octanol–water partition coefficient (Wildman–Crippen LogP) is 1.68. The van der Waals surface area contributed by atoms with E-state index in [-0.39, 0.29) is 12.5 Å². The lowest BCUT2D eigenvalue weighted by Gasteiger charge is -2.29. The summed E-state index contributed by atoms with van der Waals surface area (Å²) in [5.74, 6) is 0.823. The highest BCUT2D eigenvalue weighted by atomic mass is 16.2. The maximum Gasteiger partial charge on any atom is 0.248 e. The number of rotatable bonds is 4. The number of nitrogens with zero attached hydrogens (tertiary/aromatic N) is 2. The lowest BCUT2D eigenvalue weighted by molar-refractivity contribution is -0.117. The number of carbonyl (C=O) groups is 1. The zero-order valence-electron chi connectivity index (χ0n) is 13.1. The quantitative estimate of drug-likeness (QED) is 0.657. The van der Waals surface area contributed by atoms with Crippen molar-refractivity contribution in [2.24, 2.45) is 4.99 Å². The first-order chi connectivity index (χ1) is 10.8. The Morgan fingerprint density at radius 2 is 2.18 bits per heavy atom. The Balaban J connectivity index is 1.66. The monoisotopic (exact) mass is 300 g/mol. The summed E-state index contributed by atoms with van der Waals surface area (Å²) in [6.07, 6.45) is 4.46. The number of hydrogen-bond acceptors (Lipinski definition) is 2. The van der Waals surface area contributed by atoms with E-state index in [0.29, 0.717) is 6.04 Å². The Bertz CT molecular complexity index is 566. The summed E-state index contributed by atoms with van der Waals surface area (Å²) in [6.45, 7) is 3.82. The molecule has 2 aliphatic rings. The second-order valence-electron chi connectivity index (χ2n) is 5.89. The Morgan fingerprint density at radius 1 is 1.36 bits per heavy atom. The van der Waals surface area contributed by atoms with Crippen LogP contribution in [0.2, 0.25) is 0 Å². The third kappa shape index (κ3) is 3.59. The summed E-state index contributed by atoms with van der Waals surface area (Å²) in [5.41, 5.74) is 2.31. The number of benzene rings is 1. The van der Waals surface area contributed by atoms with Crippen molar-refractivity contribution < 1.29 is 4.79 Å². The highest BCUT2D eigenvalue weighted by Crippen LogP contribution is 2.26. The first-order valence-corrected chi connectivity index (χ1v) is 8.21. The van der Waals surface area contributed by atoms with E-state index < -0.39 is 0 Å². The van der Waals surface area contributed by atoms with Gasteiger partial charge in [0.2, 0.25) is 5.91 Å². The third-order valence-electron chi connectivity index (χ3n) is 4.05. The Morgan fingerprint density at radius 3 is 2.95 bits per heavy atom. The van der Waals surface area contributed by atoms with Crippen molar-refractivity contribution >= 4 is 17.6 Å². The summed E-state index contributed by atoms with van der Waals surface area (Å²) in [7, 11) is 0. The van der Waals surface area contributed by atoms with Gasteiger partial charge in [0.25, 0.3) is 0 Å². The molecule has 1 amide bonds. The van der Waals surface area contributed by atoms with E-state index in [9.17, 15) is 4.79 Å². The number of carbonyl (C=O) groups excluding carboxylic acids is 1. The van der Waals surface area contributed by atoms with Crippen LogP contribution in [0, 0.1) is 0 Å². The number of aryl methyl sites for hydroxylation is 1. The molecular formula is C17H24N4O. The van der Waals surface area contributed by atoms with Crippen molar-refractivity contribution in [1.29, 1.82) is 0 Å². The van der Waals surface area contributed by atoms with Gasteiger partial charge in [-0.05, 0) is 44.2 Å². The fourth-order valence-corrected chi connectivity index (χ4v) is 2.77. The molecule has 1 aromatic carbocycles. The molecule has 0 unspecified atom stereocenters. The topological polar surface area (TPSA) is 56.7 Å². The lowest BCUT2D eigenvalue weighted by atomic mass is 10.0. The summed E-state index contributed by atoms with van der Waals surface area (Å²) >= 11 is 0. The van der Waals surface area contributed by atoms with Gasteiger partial charge in [-0.25, -0.2) is 4.99 Å². The van der Waals surface area contributed by atoms with E-state index in [1.807, 2.05) is 30.0 Å². The van der Waals surface area contributed by atoms with Crippen molar-refractivity contribution in [2.75, 3.05) is 24.5 Å². The van der Waals surface area contributed by atoms with Gasteiger partial charge >= 0.3 is 0 Å². The number of para-hydroxylation sites is 1. The van der Waals surface area contributed by atoms with Crippen molar-refractivity contribution in [2.45, 2.75) is 38.6 Å². The van der Waals surface area contributed by atoms with Crippen LogP contribution in [-0.4, -0.2) is 37.5 Å². The molecule has 1 fully saturated rings. The fraction of sp³-hybridized carbons (Fsp3) is 0.529. The van der Waals surface area contributed by atoms with Gasteiger partial charge < -0.3 is 15.5 Å². The van der Waals surface area contributed by atoms with Crippen molar-refractivity contribution in [3.05, 3.63) is 29.8 Å². The molecule has 1 aromatic rings. The van der Waals surface area contributed by atoms with Gasteiger partial charge in [0.05, 0.1) is 0 Å². The van der Waals surface area contributed by atoms with Gasteiger partial charge in [-0.15, -0.1) is 0 Å². The molecular weight excluding hydrogens is 276 g/mol. The van der Waals surface area contributed by atoms with Crippen LogP contribution in [0.1, 0.15) is 31.7 Å². The SMILES string of the molecule is CCNC(=NCC(=O)N1CCCc2ccccc21)NC1CC1. The molecule has 3 rings (SSSR count). The Hall–Kier alpha value is -2.04.